The average Bonchev–Trinajstić information content (AvgIpc) is 2.88. The molecule has 0 saturated heterocycles. The van der Waals surface area contributed by atoms with Crippen LogP contribution in [0.15, 0.2) is 12.2 Å². The van der Waals surface area contributed by atoms with Crippen molar-refractivity contribution in [3.05, 3.63) is 12.2 Å². The van der Waals surface area contributed by atoms with E-state index in [1.807, 2.05) is 25.3 Å². The highest BCUT2D eigenvalue weighted by molar-refractivity contribution is 7.98. The minimum absolute atomic E-state index is 0.0408. The molecule has 0 heterocycles. The van der Waals surface area contributed by atoms with Crippen molar-refractivity contribution < 1.29 is 14.7 Å². The van der Waals surface area contributed by atoms with E-state index in [1.165, 1.54) is 0 Å². The van der Waals surface area contributed by atoms with E-state index in [1.54, 1.807) is 11.8 Å². The fourth-order valence-corrected chi connectivity index (χ4v) is 3.73. The number of aliphatic carboxylic acids is 1. The molecule has 0 radical (unpaired) electrons. The van der Waals surface area contributed by atoms with Crippen LogP contribution in [0.25, 0.3) is 0 Å². The molecule has 3 unspecified atom stereocenters. The molecular formula is C13H19NO3S. The number of nitrogens with one attached hydrogen (secondary N) is 1. The molecular weight excluding hydrogens is 250 g/mol. The first-order chi connectivity index (χ1) is 8.54. The van der Waals surface area contributed by atoms with Gasteiger partial charge in [0.2, 0.25) is 5.91 Å². The number of carbonyl (C=O) groups excluding carboxylic acids is 1. The number of thioether (sulfide) groups is 1. The van der Waals surface area contributed by atoms with Crippen LogP contribution in [0.4, 0.5) is 0 Å². The summed E-state index contributed by atoms with van der Waals surface area (Å²) in [7, 11) is 0. The summed E-state index contributed by atoms with van der Waals surface area (Å²) in [5, 5.41) is 12.2. The average molecular weight is 269 g/mol. The SMILES string of the molecule is CSCC(C)NC(=O)[C@H]1C2C=CC(C2)[C@H]1C(=O)O. The zero-order chi connectivity index (χ0) is 13.3. The van der Waals surface area contributed by atoms with Crippen LogP contribution in [0.5, 0.6) is 0 Å². The van der Waals surface area contributed by atoms with Crippen LogP contribution in [0.3, 0.4) is 0 Å². The fourth-order valence-electron chi connectivity index (χ4n) is 3.15. The van der Waals surface area contributed by atoms with E-state index in [0.29, 0.717) is 0 Å². The van der Waals surface area contributed by atoms with E-state index in [-0.39, 0.29) is 29.7 Å². The minimum atomic E-state index is -0.843. The van der Waals surface area contributed by atoms with Crippen LogP contribution in [0.2, 0.25) is 0 Å². The standard InChI is InChI=1S/C13H19NO3S/c1-7(6-18-2)14-12(15)10-8-3-4-9(5-8)11(10)13(16)17/h3-4,7-11H,5-6H2,1-2H3,(H,14,15)(H,16,17)/t7?,8?,9?,10-,11+/m0/s1. The molecule has 5 heteroatoms. The third-order valence-corrected chi connectivity index (χ3v) is 4.69. The lowest BCUT2D eigenvalue weighted by Gasteiger charge is -2.25. The molecule has 2 aliphatic carbocycles. The molecule has 0 aliphatic heterocycles. The zero-order valence-corrected chi connectivity index (χ0v) is 11.4. The maximum atomic E-state index is 12.2. The summed E-state index contributed by atoms with van der Waals surface area (Å²) < 4.78 is 0. The fraction of sp³-hybridized carbons (Fsp3) is 0.692. The van der Waals surface area contributed by atoms with E-state index < -0.39 is 11.9 Å². The van der Waals surface area contributed by atoms with E-state index in [2.05, 4.69) is 5.32 Å². The minimum Gasteiger partial charge on any atom is -0.481 e. The van der Waals surface area contributed by atoms with Crippen molar-refractivity contribution in [3.63, 3.8) is 0 Å². The number of amides is 1. The topological polar surface area (TPSA) is 66.4 Å². The van der Waals surface area contributed by atoms with Crippen LogP contribution in [0, 0.1) is 23.7 Å². The third-order valence-electron chi connectivity index (χ3n) is 3.85. The molecule has 100 valence electrons. The summed E-state index contributed by atoms with van der Waals surface area (Å²) in [4.78, 5) is 23.5. The van der Waals surface area contributed by atoms with Gasteiger partial charge in [-0.25, -0.2) is 0 Å². The summed E-state index contributed by atoms with van der Waals surface area (Å²) in [5.41, 5.74) is 0. The molecule has 0 aromatic heterocycles. The maximum absolute atomic E-state index is 12.2. The second-order valence-electron chi connectivity index (χ2n) is 5.20. The van der Waals surface area contributed by atoms with Crippen LogP contribution in [-0.2, 0) is 9.59 Å². The Labute approximate surface area is 111 Å². The molecule has 1 fully saturated rings. The molecule has 5 atom stereocenters. The van der Waals surface area contributed by atoms with Crippen molar-refractivity contribution in [2.45, 2.75) is 19.4 Å². The molecule has 0 aromatic carbocycles. The van der Waals surface area contributed by atoms with Gasteiger partial charge in [-0.1, -0.05) is 12.2 Å². The predicted molar refractivity (Wildman–Crippen MR) is 71.3 cm³/mol. The highest BCUT2D eigenvalue weighted by Gasteiger charge is 2.51. The third kappa shape index (κ3) is 2.41. The van der Waals surface area contributed by atoms with E-state index >= 15 is 0 Å². The lowest BCUT2D eigenvalue weighted by atomic mass is 9.82. The van der Waals surface area contributed by atoms with E-state index in [0.717, 1.165) is 12.2 Å². The summed E-state index contributed by atoms with van der Waals surface area (Å²) in [5.74, 6) is -0.870. The van der Waals surface area contributed by atoms with E-state index in [9.17, 15) is 14.7 Å². The van der Waals surface area contributed by atoms with Gasteiger partial charge in [0, 0.05) is 11.8 Å². The van der Waals surface area contributed by atoms with Gasteiger partial charge >= 0.3 is 5.97 Å². The Morgan fingerprint density at radius 1 is 1.39 bits per heavy atom. The molecule has 1 saturated carbocycles. The van der Waals surface area contributed by atoms with Crippen LogP contribution < -0.4 is 5.32 Å². The Balaban J connectivity index is 2.05. The number of rotatable bonds is 5. The lowest BCUT2D eigenvalue weighted by Crippen LogP contribution is -2.44. The van der Waals surface area contributed by atoms with Gasteiger partial charge in [-0.05, 0) is 31.4 Å². The van der Waals surface area contributed by atoms with Crippen molar-refractivity contribution in [3.8, 4) is 0 Å². The highest BCUT2D eigenvalue weighted by atomic mass is 32.2. The molecule has 2 aliphatic rings. The molecule has 1 amide bonds. The number of carboxylic acids is 1. The Hall–Kier alpha value is -0.970. The van der Waals surface area contributed by atoms with Gasteiger partial charge < -0.3 is 10.4 Å². The number of fused-ring (bicyclic) bond motifs is 2. The van der Waals surface area contributed by atoms with Gasteiger partial charge in [-0.15, -0.1) is 0 Å². The number of hydrogen-bond acceptors (Lipinski definition) is 3. The number of hydrogen-bond donors (Lipinski definition) is 2. The van der Waals surface area contributed by atoms with Gasteiger partial charge in [0.15, 0.2) is 0 Å². The van der Waals surface area contributed by atoms with Crippen molar-refractivity contribution >= 4 is 23.6 Å². The molecule has 2 N–H and O–H groups in total. The van der Waals surface area contributed by atoms with Crippen LogP contribution in [0.1, 0.15) is 13.3 Å². The number of allylic oxidation sites excluding steroid dienone is 2. The first kappa shape index (κ1) is 13.5. The van der Waals surface area contributed by atoms with Crippen molar-refractivity contribution in [2.75, 3.05) is 12.0 Å². The van der Waals surface area contributed by atoms with Crippen molar-refractivity contribution in [1.82, 2.24) is 5.32 Å². The highest BCUT2D eigenvalue weighted by Crippen LogP contribution is 2.48. The normalized spacial score (nSPS) is 34.6. The number of carboxylic acid groups (broad SMARTS) is 1. The quantitative estimate of drug-likeness (QED) is 0.740. The van der Waals surface area contributed by atoms with Crippen LogP contribution in [-0.4, -0.2) is 35.0 Å². The molecule has 4 nitrogen and oxygen atoms in total. The summed E-state index contributed by atoms with van der Waals surface area (Å²) in [6, 6.07) is 0.0880. The van der Waals surface area contributed by atoms with Crippen molar-refractivity contribution in [1.29, 1.82) is 0 Å². The van der Waals surface area contributed by atoms with Crippen LogP contribution >= 0.6 is 11.8 Å². The second-order valence-corrected chi connectivity index (χ2v) is 6.11. The summed E-state index contributed by atoms with van der Waals surface area (Å²) in [6.45, 7) is 1.95. The Bertz CT molecular complexity index is 382. The molecule has 18 heavy (non-hydrogen) atoms. The van der Waals surface area contributed by atoms with Gasteiger partial charge in [0.1, 0.15) is 0 Å². The van der Waals surface area contributed by atoms with Gasteiger partial charge in [0.25, 0.3) is 0 Å². The van der Waals surface area contributed by atoms with E-state index in [4.69, 9.17) is 0 Å². The maximum Gasteiger partial charge on any atom is 0.307 e. The van der Waals surface area contributed by atoms with Gasteiger partial charge in [-0.2, -0.15) is 11.8 Å². The first-order valence-corrected chi connectivity index (χ1v) is 7.64. The summed E-state index contributed by atoms with van der Waals surface area (Å²) >= 11 is 1.67. The monoisotopic (exact) mass is 269 g/mol. The lowest BCUT2D eigenvalue weighted by molar-refractivity contribution is -0.147. The Morgan fingerprint density at radius 2 is 2.00 bits per heavy atom. The molecule has 0 aromatic rings. The second kappa shape index (κ2) is 5.34. The first-order valence-electron chi connectivity index (χ1n) is 6.25. The number of carbonyl (C=O) groups is 2. The summed E-state index contributed by atoms with van der Waals surface area (Å²) in [6.07, 6.45) is 6.76. The zero-order valence-electron chi connectivity index (χ0n) is 10.6. The molecule has 0 spiro atoms. The molecule has 2 rings (SSSR count). The smallest absolute Gasteiger partial charge is 0.307 e. The Kier molecular flexibility index (Phi) is 4.00. The predicted octanol–water partition coefficient (Wildman–Crippen LogP) is 1.38. The van der Waals surface area contributed by atoms with Gasteiger partial charge in [0.05, 0.1) is 11.8 Å². The van der Waals surface area contributed by atoms with Crippen molar-refractivity contribution in [2.24, 2.45) is 23.7 Å². The largest absolute Gasteiger partial charge is 0.481 e. The van der Waals surface area contributed by atoms with Gasteiger partial charge in [-0.3, -0.25) is 9.59 Å². The molecule has 2 bridgehead atoms. The Morgan fingerprint density at radius 3 is 2.56 bits per heavy atom.